The number of hydrogen-bond donors (Lipinski definition) is 1. The lowest BCUT2D eigenvalue weighted by Crippen LogP contribution is -2.30. The highest BCUT2D eigenvalue weighted by Crippen LogP contribution is 2.27. The first-order chi connectivity index (χ1) is 14.3. The van der Waals surface area contributed by atoms with Gasteiger partial charge >= 0.3 is 0 Å². The van der Waals surface area contributed by atoms with Gasteiger partial charge in [0.05, 0.1) is 16.7 Å². The second-order valence-corrected chi connectivity index (χ2v) is 7.07. The van der Waals surface area contributed by atoms with Crippen LogP contribution in [0, 0.1) is 18.3 Å². The summed E-state index contributed by atoms with van der Waals surface area (Å²) < 4.78 is 5.36. The number of unbranched alkanes of at least 4 members (excludes halogenated alkanes) is 2. The van der Waals surface area contributed by atoms with Crippen LogP contribution in [0.3, 0.4) is 0 Å². The molecule has 3 rings (SSSR count). The Kier molecular flexibility index (Phi) is 6.11. The fraction of sp³-hybridized carbons (Fsp3) is 0.318. The number of aryl methyl sites for hydroxylation is 1. The van der Waals surface area contributed by atoms with E-state index in [0.717, 1.165) is 0 Å². The van der Waals surface area contributed by atoms with Crippen LogP contribution in [0.2, 0.25) is 0 Å². The number of rotatable bonds is 8. The summed E-state index contributed by atoms with van der Waals surface area (Å²) in [6, 6.07) is 8.63. The van der Waals surface area contributed by atoms with E-state index in [1.54, 1.807) is 31.2 Å². The third kappa shape index (κ3) is 4.01. The molecule has 2 aromatic rings. The standard InChI is InChI=1S/C22H21N3O5/c1-13(26)19-14(2)30-20(17(19)12-23)24-18(27)10-4-3-7-11-25-21(28)15-8-5-6-9-16(15)22(25)29/h5-6,8-9H,3-4,7,10-11H2,1-2H3,(H,24,27). The maximum absolute atomic E-state index is 12.3. The van der Waals surface area contributed by atoms with E-state index in [9.17, 15) is 24.4 Å². The first-order valence-corrected chi connectivity index (χ1v) is 9.64. The molecule has 0 atom stereocenters. The van der Waals surface area contributed by atoms with Gasteiger partial charge in [0.15, 0.2) is 5.78 Å². The van der Waals surface area contributed by atoms with Gasteiger partial charge in [-0.15, -0.1) is 0 Å². The summed E-state index contributed by atoms with van der Waals surface area (Å²) in [5, 5.41) is 11.8. The number of anilines is 1. The third-order valence-corrected chi connectivity index (χ3v) is 4.96. The molecule has 2 heterocycles. The van der Waals surface area contributed by atoms with Gasteiger partial charge in [-0.3, -0.25) is 29.4 Å². The highest BCUT2D eigenvalue weighted by molar-refractivity contribution is 6.21. The summed E-state index contributed by atoms with van der Waals surface area (Å²) in [7, 11) is 0. The molecule has 0 aliphatic carbocycles. The van der Waals surface area contributed by atoms with E-state index in [1.807, 2.05) is 6.07 Å². The second kappa shape index (κ2) is 8.74. The number of carbonyl (C=O) groups is 4. The van der Waals surface area contributed by atoms with E-state index in [0.29, 0.717) is 36.9 Å². The zero-order valence-corrected chi connectivity index (χ0v) is 16.8. The van der Waals surface area contributed by atoms with Crippen molar-refractivity contribution in [3.63, 3.8) is 0 Å². The topological polar surface area (TPSA) is 120 Å². The summed E-state index contributed by atoms with van der Waals surface area (Å²) >= 11 is 0. The Morgan fingerprint density at radius 1 is 1.10 bits per heavy atom. The zero-order valence-electron chi connectivity index (χ0n) is 16.8. The molecule has 0 radical (unpaired) electrons. The van der Waals surface area contributed by atoms with E-state index >= 15 is 0 Å². The van der Waals surface area contributed by atoms with Gasteiger partial charge in [-0.05, 0) is 38.8 Å². The number of nitriles is 1. The van der Waals surface area contributed by atoms with Gasteiger partial charge in [-0.1, -0.05) is 18.6 Å². The van der Waals surface area contributed by atoms with Crippen LogP contribution in [-0.2, 0) is 4.79 Å². The van der Waals surface area contributed by atoms with Gasteiger partial charge in [0.2, 0.25) is 11.8 Å². The number of nitrogens with zero attached hydrogens (tertiary/aromatic N) is 2. The average molecular weight is 407 g/mol. The predicted octanol–water partition coefficient (Wildman–Crippen LogP) is 3.46. The molecule has 0 bridgehead atoms. The van der Waals surface area contributed by atoms with Crippen molar-refractivity contribution in [2.75, 3.05) is 11.9 Å². The first kappa shape index (κ1) is 21.0. The van der Waals surface area contributed by atoms with Crippen molar-refractivity contribution in [1.29, 1.82) is 5.26 Å². The predicted molar refractivity (Wildman–Crippen MR) is 107 cm³/mol. The first-order valence-electron chi connectivity index (χ1n) is 9.64. The molecule has 30 heavy (non-hydrogen) atoms. The van der Waals surface area contributed by atoms with Crippen molar-refractivity contribution < 1.29 is 23.6 Å². The summed E-state index contributed by atoms with van der Waals surface area (Å²) in [5.41, 5.74) is 1.05. The molecule has 0 unspecified atom stereocenters. The minimum absolute atomic E-state index is 0.0174. The van der Waals surface area contributed by atoms with Gasteiger partial charge in [-0.2, -0.15) is 5.26 Å². The van der Waals surface area contributed by atoms with Crippen LogP contribution in [0.5, 0.6) is 0 Å². The fourth-order valence-corrected chi connectivity index (χ4v) is 3.53. The molecule has 0 saturated carbocycles. The van der Waals surface area contributed by atoms with Crippen LogP contribution in [0.1, 0.15) is 75.0 Å². The normalized spacial score (nSPS) is 12.6. The van der Waals surface area contributed by atoms with Crippen molar-refractivity contribution in [2.24, 2.45) is 0 Å². The Bertz CT molecular complexity index is 1040. The third-order valence-electron chi connectivity index (χ3n) is 4.96. The maximum Gasteiger partial charge on any atom is 0.261 e. The quantitative estimate of drug-likeness (QED) is 0.406. The molecule has 0 saturated heterocycles. The molecule has 1 aromatic carbocycles. The van der Waals surface area contributed by atoms with Crippen LogP contribution in [0.4, 0.5) is 5.88 Å². The Labute approximate surface area is 173 Å². The average Bonchev–Trinajstić information content (AvgIpc) is 3.16. The minimum atomic E-state index is -0.337. The number of carbonyl (C=O) groups excluding carboxylic acids is 4. The van der Waals surface area contributed by atoms with Crippen molar-refractivity contribution >= 4 is 29.4 Å². The molecule has 1 aliphatic heterocycles. The molecule has 8 heteroatoms. The highest BCUT2D eigenvalue weighted by Gasteiger charge is 2.34. The smallest absolute Gasteiger partial charge is 0.261 e. The molecular formula is C22H21N3O5. The lowest BCUT2D eigenvalue weighted by Gasteiger charge is -2.13. The van der Waals surface area contributed by atoms with E-state index in [-0.39, 0.29) is 52.7 Å². The molecule has 8 nitrogen and oxygen atoms in total. The summed E-state index contributed by atoms with van der Waals surface area (Å²) in [4.78, 5) is 49.6. The van der Waals surface area contributed by atoms with E-state index in [4.69, 9.17) is 4.42 Å². The Morgan fingerprint density at radius 2 is 1.73 bits per heavy atom. The zero-order chi connectivity index (χ0) is 21.8. The molecule has 1 N–H and O–H groups in total. The lowest BCUT2D eigenvalue weighted by atomic mass is 10.1. The Hall–Kier alpha value is -3.73. The van der Waals surface area contributed by atoms with Gasteiger partial charge < -0.3 is 4.42 Å². The van der Waals surface area contributed by atoms with E-state index < -0.39 is 0 Å². The van der Waals surface area contributed by atoms with Gasteiger partial charge in [0.25, 0.3) is 11.8 Å². The van der Waals surface area contributed by atoms with Crippen molar-refractivity contribution in [1.82, 2.24) is 4.90 Å². The van der Waals surface area contributed by atoms with Crippen LogP contribution in [-0.4, -0.2) is 34.9 Å². The fourth-order valence-electron chi connectivity index (χ4n) is 3.53. The Balaban J connectivity index is 1.46. The number of benzene rings is 1. The number of nitrogens with one attached hydrogen (secondary N) is 1. The number of furan rings is 1. The largest absolute Gasteiger partial charge is 0.443 e. The van der Waals surface area contributed by atoms with Crippen LogP contribution >= 0.6 is 0 Å². The molecule has 1 aliphatic rings. The monoisotopic (exact) mass is 407 g/mol. The summed E-state index contributed by atoms with van der Waals surface area (Å²) in [6.07, 6.45) is 1.94. The maximum atomic E-state index is 12.3. The number of hydrogen-bond acceptors (Lipinski definition) is 6. The van der Waals surface area contributed by atoms with Gasteiger partial charge in [0, 0.05) is 13.0 Å². The van der Waals surface area contributed by atoms with Gasteiger partial charge in [0.1, 0.15) is 17.4 Å². The van der Waals surface area contributed by atoms with Crippen molar-refractivity contribution in [3.8, 4) is 6.07 Å². The summed E-state index contributed by atoms with van der Waals surface area (Å²) in [6.45, 7) is 3.19. The molecule has 0 spiro atoms. The minimum Gasteiger partial charge on any atom is -0.443 e. The number of amides is 3. The Morgan fingerprint density at radius 3 is 2.30 bits per heavy atom. The lowest BCUT2D eigenvalue weighted by molar-refractivity contribution is -0.116. The van der Waals surface area contributed by atoms with Crippen LogP contribution < -0.4 is 5.32 Å². The molecule has 3 amide bonds. The van der Waals surface area contributed by atoms with E-state index in [2.05, 4.69) is 5.32 Å². The molecule has 0 fully saturated rings. The molecule has 154 valence electrons. The highest BCUT2D eigenvalue weighted by atomic mass is 16.4. The van der Waals surface area contributed by atoms with Gasteiger partial charge in [-0.25, -0.2) is 0 Å². The van der Waals surface area contributed by atoms with Crippen LogP contribution in [0.25, 0.3) is 0 Å². The molecule has 1 aromatic heterocycles. The number of imide groups is 1. The second-order valence-electron chi connectivity index (χ2n) is 7.07. The number of fused-ring (bicyclic) bond motifs is 1. The number of Topliss-reactive ketones (excluding diaryl/α,β-unsaturated/α-hetero) is 1. The molecular weight excluding hydrogens is 386 g/mol. The number of ketones is 1. The van der Waals surface area contributed by atoms with E-state index in [1.165, 1.54) is 11.8 Å². The summed E-state index contributed by atoms with van der Waals surface area (Å²) in [5.74, 6) is -0.942. The van der Waals surface area contributed by atoms with Crippen LogP contribution in [0.15, 0.2) is 28.7 Å². The van der Waals surface area contributed by atoms with Crippen molar-refractivity contribution in [2.45, 2.75) is 39.5 Å². The van der Waals surface area contributed by atoms with Crippen molar-refractivity contribution in [3.05, 3.63) is 52.3 Å². The SMILES string of the molecule is CC(=O)c1c(C)oc(NC(=O)CCCCCN2C(=O)c3ccccc3C2=O)c1C#N.